The van der Waals surface area contributed by atoms with E-state index in [-0.39, 0.29) is 53.3 Å². The first kappa shape index (κ1) is 25.3. The highest BCUT2D eigenvalue weighted by Gasteiger charge is 2.43. The smallest absolute Gasteiger partial charge is 0.337 e. The maximum Gasteiger partial charge on any atom is 0.337 e. The van der Waals surface area contributed by atoms with Gasteiger partial charge in [0.1, 0.15) is 17.5 Å². The SMILES string of the molecule is COC(=O)c1ccc(N2C3CC[C@H]2CC(OCC(C(=O)C2CC2)=C(N)c2c(F)cccc2F)C3)c(F)c1. The minimum Gasteiger partial charge on any atom is -0.465 e. The van der Waals surface area contributed by atoms with Crippen molar-refractivity contribution < 1.29 is 32.2 Å². The highest BCUT2D eigenvalue weighted by Crippen LogP contribution is 2.42. The Morgan fingerprint density at radius 2 is 1.62 bits per heavy atom. The van der Waals surface area contributed by atoms with Crippen LogP contribution in [-0.4, -0.2) is 43.7 Å². The Labute approximate surface area is 213 Å². The van der Waals surface area contributed by atoms with Gasteiger partial charge in [0.05, 0.1) is 42.3 Å². The van der Waals surface area contributed by atoms with Gasteiger partial charge in [0.2, 0.25) is 0 Å². The standard InChI is InChI=1S/C28H29F3N2O4/c1-36-28(35)16-7-10-24(23(31)11-16)33-17-8-9-18(33)13-19(12-17)37-14-20(27(34)15-5-6-15)26(32)25-21(29)3-2-4-22(25)30/h2-4,7,10-11,15,17-19H,5-6,8-9,12-14,32H2,1H3/t17-,18?,19?/m0/s1. The van der Waals surface area contributed by atoms with Gasteiger partial charge in [0, 0.05) is 23.6 Å². The number of esters is 1. The van der Waals surface area contributed by atoms with Crippen LogP contribution in [0, 0.1) is 23.4 Å². The van der Waals surface area contributed by atoms with Crippen molar-refractivity contribution >= 4 is 23.1 Å². The lowest BCUT2D eigenvalue weighted by molar-refractivity contribution is -0.117. The van der Waals surface area contributed by atoms with Crippen molar-refractivity contribution in [2.24, 2.45) is 11.7 Å². The van der Waals surface area contributed by atoms with E-state index in [1.165, 1.54) is 19.2 Å². The third-order valence-corrected chi connectivity index (χ3v) is 7.60. The van der Waals surface area contributed by atoms with Gasteiger partial charge in [-0.1, -0.05) is 6.07 Å². The number of carbonyl (C=O) groups excluding carboxylic acids is 2. The van der Waals surface area contributed by atoms with Crippen LogP contribution in [0.3, 0.4) is 0 Å². The van der Waals surface area contributed by atoms with Crippen molar-refractivity contribution in [3.05, 3.63) is 70.5 Å². The number of methoxy groups -OCH3 is 1. The number of benzene rings is 2. The van der Waals surface area contributed by atoms with E-state index in [1.807, 2.05) is 4.90 Å². The van der Waals surface area contributed by atoms with Crippen molar-refractivity contribution in [2.45, 2.75) is 56.7 Å². The third kappa shape index (κ3) is 4.97. The number of Topliss-reactive ketones (excluding diaryl/α,β-unsaturated/α-hetero) is 1. The maximum absolute atomic E-state index is 14.9. The zero-order valence-corrected chi connectivity index (χ0v) is 20.5. The van der Waals surface area contributed by atoms with Gasteiger partial charge in [-0.25, -0.2) is 18.0 Å². The number of fused-ring (bicyclic) bond motifs is 2. The fourth-order valence-electron chi connectivity index (χ4n) is 5.60. The normalized spacial score (nSPS) is 23.6. The van der Waals surface area contributed by atoms with Crippen LogP contribution in [0.1, 0.15) is 54.4 Å². The van der Waals surface area contributed by atoms with Crippen LogP contribution in [0.4, 0.5) is 18.9 Å². The predicted molar refractivity (Wildman–Crippen MR) is 131 cm³/mol. The number of piperidine rings is 1. The summed E-state index contributed by atoms with van der Waals surface area (Å²) in [5, 5.41) is 0. The van der Waals surface area contributed by atoms with Crippen LogP contribution in [0.15, 0.2) is 42.0 Å². The van der Waals surface area contributed by atoms with Gasteiger partial charge in [-0.05, 0) is 68.9 Å². The average molecular weight is 515 g/mol. The summed E-state index contributed by atoms with van der Waals surface area (Å²) < 4.78 is 54.6. The Bertz CT molecular complexity index is 1230. The topological polar surface area (TPSA) is 81.9 Å². The zero-order valence-electron chi connectivity index (χ0n) is 20.5. The maximum atomic E-state index is 14.9. The second-order valence-corrected chi connectivity index (χ2v) is 9.98. The molecule has 1 saturated carbocycles. The summed E-state index contributed by atoms with van der Waals surface area (Å²) in [6.07, 6.45) is 4.15. The molecule has 2 saturated heterocycles. The van der Waals surface area contributed by atoms with Crippen LogP contribution >= 0.6 is 0 Å². The lowest BCUT2D eigenvalue weighted by Gasteiger charge is -2.40. The monoisotopic (exact) mass is 514 g/mol. The van der Waals surface area contributed by atoms with Crippen molar-refractivity contribution in [1.29, 1.82) is 0 Å². The molecule has 3 aliphatic rings. The first-order chi connectivity index (χ1) is 17.8. The Morgan fingerprint density at radius 1 is 0.973 bits per heavy atom. The molecule has 2 aromatic rings. The zero-order chi connectivity index (χ0) is 26.3. The molecule has 2 N–H and O–H groups in total. The van der Waals surface area contributed by atoms with Crippen LogP contribution < -0.4 is 10.6 Å². The fraction of sp³-hybridized carbons (Fsp3) is 0.429. The van der Waals surface area contributed by atoms with Crippen molar-refractivity contribution in [3.63, 3.8) is 0 Å². The summed E-state index contributed by atoms with van der Waals surface area (Å²) in [5.74, 6) is -3.16. The molecule has 3 fully saturated rings. The number of nitrogens with two attached hydrogens (primary N) is 1. The second kappa shape index (κ2) is 10.2. The van der Waals surface area contributed by atoms with E-state index < -0.39 is 29.0 Å². The summed E-state index contributed by atoms with van der Waals surface area (Å²) in [7, 11) is 1.25. The molecule has 0 radical (unpaired) electrons. The second-order valence-electron chi connectivity index (χ2n) is 9.98. The number of nitrogens with zero attached hydrogens (tertiary/aromatic N) is 1. The number of ketones is 1. The van der Waals surface area contributed by atoms with E-state index in [0.29, 0.717) is 18.5 Å². The molecule has 2 unspecified atom stereocenters. The van der Waals surface area contributed by atoms with Gasteiger partial charge in [0.15, 0.2) is 5.78 Å². The van der Waals surface area contributed by atoms with E-state index in [4.69, 9.17) is 10.5 Å². The minimum atomic E-state index is -0.829. The van der Waals surface area contributed by atoms with E-state index in [0.717, 1.165) is 37.8 Å². The molecule has 5 rings (SSSR count). The number of ether oxygens (including phenoxy) is 2. The summed E-state index contributed by atoms with van der Waals surface area (Å²) in [4.78, 5) is 26.8. The Kier molecular flexibility index (Phi) is 6.98. The molecule has 2 heterocycles. The molecule has 9 heteroatoms. The van der Waals surface area contributed by atoms with Gasteiger partial charge >= 0.3 is 5.97 Å². The molecular weight excluding hydrogens is 485 g/mol. The largest absolute Gasteiger partial charge is 0.465 e. The van der Waals surface area contributed by atoms with Crippen LogP contribution in [0.25, 0.3) is 5.70 Å². The molecule has 1 aliphatic carbocycles. The molecule has 0 aromatic heterocycles. The fourth-order valence-corrected chi connectivity index (χ4v) is 5.60. The molecule has 2 bridgehead atoms. The quantitative estimate of drug-likeness (QED) is 0.404. The number of halogens is 3. The minimum absolute atomic E-state index is 0.0233. The number of carbonyl (C=O) groups is 2. The van der Waals surface area contributed by atoms with Gasteiger partial charge in [0.25, 0.3) is 0 Å². The van der Waals surface area contributed by atoms with E-state index in [1.54, 1.807) is 12.1 Å². The summed E-state index contributed by atoms with van der Waals surface area (Å²) in [6.45, 7) is -0.138. The van der Waals surface area contributed by atoms with Crippen LogP contribution in [0.5, 0.6) is 0 Å². The molecule has 3 atom stereocenters. The lowest BCUT2D eigenvalue weighted by Crippen LogP contribution is -2.46. The van der Waals surface area contributed by atoms with Crippen molar-refractivity contribution in [3.8, 4) is 0 Å². The van der Waals surface area contributed by atoms with Gasteiger partial charge < -0.3 is 20.1 Å². The number of anilines is 1. The molecular formula is C28H29F3N2O4. The van der Waals surface area contributed by atoms with Gasteiger partial charge in [-0.2, -0.15) is 0 Å². The number of hydrogen-bond donors (Lipinski definition) is 1. The van der Waals surface area contributed by atoms with Crippen LogP contribution in [-0.2, 0) is 14.3 Å². The summed E-state index contributed by atoms with van der Waals surface area (Å²) in [5.41, 5.74) is 6.22. The molecule has 37 heavy (non-hydrogen) atoms. The van der Waals surface area contributed by atoms with E-state index in [2.05, 4.69) is 4.74 Å². The Hall–Kier alpha value is -3.33. The molecule has 0 spiro atoms. The number of rotatable bonds is 8. The van der Waals surface area contributed by atoms with Gasteiger partial charge in [-0.3, -0.25) is 4.79 Å². The molecule has 2 aliphatic heterocycles. The molecule has 2 aromatic carbocycles. The summed E-state index contributed by atoms with van der Waals surface area (Å²) >= 11 is 0. The van der Waals surface area contributed by atoms with Crippen LogP contribution in [0.2, 0.25) is 0 Å². The highest BCUT2D eigenvalue weighted by molar-refractivity contribution is 6.05. The Morgan fingerprint density at radius 3 is 2.19 bits per heavy atom. The molecule has 6 nitrogen and oxygen atoms in total. The lowest BCUT2D eigenvalue weighted by atomic mass is 9.97. The number of hydrogen-bond acceptors (Lipinski definition) is 6. The molecule has 196 valence electrons. The van der Waals surface area contributed by atoms with Gasteiger partial charge in [-0.15, -0.1) is 0 Å². The van der Waals surface area contributed by atoms with Crippen molar-refractivity contribution in [1.82, 2.24) is 0 Å². The third-order valence-electron chi connectivity index (χ3n) is 7.60. The first-order valence-electron chi connectivity index (χ1n) is 12.5. The van der Waals surface area contributed by atoms with E-state index in [9.17, 15) is 22.8 Å². The van der Waals surface area contributed by atoms with Crippen molar-refractivity contribution in [2.75, 3.05) is 18.6 Å². The molecule has 0 amide bonds. The summed E-state index contributed by atoms with van der Waals surface area (Å²) in [6, 6.07) is 7.85. The first-order valence-corrected chi connectivity index (χ1v) is 12.5. The van der Waals surface area contributed by atoms with E-state index >= 15 is 0 Å². The Balaban J connectivity index is 1.32. The predicted octanol–water partition coefficient (Wildman–Crippen LogP) is 4.76. The average Bonchev–Trinajstić information content (AvgIpc) is 3.69. The highest BCUT2D eigenvalue weighted by atomic mass is 19.1.